The number of hydrogen-bond acceptors (Lipinski definition) is 6. The van der Waals surface area contributed by atoms with Crippen LogP contribution in [0.15, 0.2) is 30.7 Å². The van der Waals surface area contributed by atoms with Gasteiger partial charge in [-0.15, -0.1) is 15.3 Å². The molecule has 8 heteroatoms. The summed E-state index contributed by atoms with van der Waals surface area (Å²) in [5, 5.41) is 25.6. The van der Waals surface area contributed by atoms with Crippen LogP contribution in [0.1, 0.15) is 0 Å². The third kappa shape index (κ3) is 0.855. The lowest BCUT2D eigenvalue weighted by Gasteiger charge is -2.07. The van der Waals surface area contributed by atoms with Gasteiger partial charge in [-0.25, -0.2) is 4.79 Å². The number of aliphatic hydroxyl groups is 1. The highest BCUT2D eigenvalue weighted by Gasteiger charge is 2.38. The number of amides is 2. The average Bonchev–Trinajstić information content (AvgIpc) is 2.59. The molecule has 0 aromatic carbocycles. The number of nitrogens with zero attached hydrogens (tertiary/aromatic N) is 6. The third-order valence-corrected chi connectivity index (χ3v) is 1.25. The number of azo groups is 1. The number of carbonyl (C=O) groups is 1. The summed E-state index contributed by atoms with van der Waals surface area (Å²) in [5.41, 5.74) is -1.81. The van der Waals surface area contributed by atoms with Crippen molar-refractivity contribution in [2.45, 2.75) is 5.72 Å². The molecule has 60 valence electrons. The smallest absolute Gasteiger partial charge is 0.357 e. The highest BCUT2D eigenvalue weighted by molar-refractivity contribution is 6.11. The molecule has 0 aliphatic carbocycles. The topological polar surface area (TPSA) is 111 Å². The van der Waals surface area contributed by atoms with Crippen molar-refractivity contribution in [1.82, 2.24) is 0 Å². The van der Waals surface area contributed by atoms with E-state index in [1.165, 1.54) is 0 Å². The Kier molecular flexibility index (Phi) is 1.19. The summed E-state index contributed by atoms with van der Waals surface area (Å²) in [4.78, 5) is 13.8. The molecule has 2 aliphatic heterocycles. The zero-order chi connectivity index (χ0) is 8.60. The zero-order valence-corrected chi connectivity index (χ0v) is 5.62. The van der Waals surface area contributed by atoms with Crippen LogP contribution in [0.2, 0.25) is 0 Å². The molecule has 2 amide bonds. The number of hydrogen-bond donors (Lipinski definition) is 1. The van der Waals surface area contributed by atoms with Gasteiger partial charge in [-0.2, -0.15) is 4.99 Å². The molecule has 0 saturated carbocycles. The third-order valence-electron chi connectivity index (χ3n) is 1.25. The fraction of sp³-hybridized carbons (Fsp3) is 0.250. The fourth-order valence-electron chi connectivity index (χ4n) is 0.710. The first-order valence-corrected chi connectivity index (χ1v) is 2.94. The monoisotopic (exact) mass is 166 g/mol. The van der Waals surface area contributed by atoms with Crippen LogP contribution < -0.4 is 0 Å². The van der Waals surface area contributed by atoms with E-state index in [9.17, 15) is 9.90 Å². The molecule has 0 saturated heterocycles. The first-order valence-electron chi connectivity index (χ1n) is 2.94. The Bertz CT molecular complexity index is 341. The second-order valence-corrected chi connectivity index (χ2v) is 2.08. The van der Waals surface area contributed by atoms with Crippen LogP contribution in [-0.4, -0.2) is 28.9 Å². The van der Waals surface area contributed by atoms with Crippen LogP contribution in [0.3, 0.4) is 0 Å². The van der Waals surface area contributed by atoms with E-state index in [4.69, 9.17) is 0 Å². The van der Waals surface area contributed by atoms with Crippen molar-refractivity contribution >= 4 is 18.1 Å². The molecule has 0 bridgehead atoms. The summed E-state index contributed by atoms with van der Waals surface area (Å²) in [6.45, 7) is 0. The lowest BCUT2D eigenvalue weighted by atomic mass is 10.2. The van der Waals surface area contributed by atoms with Crippen LogP contribution >= 0.6 is 0 Å². The van der Waals surface area contributed by atoms with Gasteiger partial charge in [0.1, 0.15) is 0 Å². The van der Waals surface area contributed by atoms with Gasteiger partial charge in [0.05, 0.1) is 6.21 Å². The maximum absolute atomic E-state index is 10.5. The van der Waals surface area contributed by atoms with Crippen molar-refractivity contribution in [3.63, 3.8) is 0 Å². The van der Waals surface area contributed by atoms with E-state index in [0.29, 0.717) is 0 Å². The largest absolute Gasteiger partial charge is 0.387 e. The Morgan fingerprint density at radius 2 is 2.25 bits per heavy atom. The number of amidine groups is 1. The van der Waals surface area contributed by atoms with Gasteiger partial charge in [-0.3, -0.25) is 0 Å². The molecule has 1 atom stereocenters. The fourth-order valence-corrected chi connectivity index (χ4v) is 0.710. The molecule has 0 radical (unpaired) electrons. The second-order valence-electron chi connectivity index (χ2n) is 2.08. The van der Waals surface area contributed by atoms with Gasteiger partial charge < -0.3 is 5.11 Å². The molecule has 2 rings (SSSR count). The summed E-state index contributed by atoms with van der Waals surface area (Å²) in [6.07, 6.45) is 1.02. The predicted molar refractivity (Wildman–Crippen MR) is 36.0 cm³/mol. The number of urea groups is 1. The summed E-state index contributed by atoms with van der Waals surface area (Å²) in [5.74, 6) is -0.211. The van der Waals surface area contributed by atoms with Crippen LogP contribution in [0.5, 0.6) is 0 Å². The van der Waals surface area contributed by atoms with Gasteiger partial charge in [0.15, 0.2) is 0 Å². The van der Waals surface area contributed by atoms with Gasteiger partial charge >= 0.3 is 6.03 Å². The van der Waals surface area contributed by atoms with E-state index in [0.717, 1.165) is 6.21 Å². The summed E-state index contributed by atoms with van der Waals surface area (Å²) in [7, 11) is 0. The molecule has 12 heavy (non-hydrogen) atoms. The van der Waals surface area contributed by atoms with E-state index in [2.05, 4.69) is 30.7 Å². The van der Waals surface area contributed by atoms with Crippen molar-refractivity contribution in [3.05, 3.63) is 0 Å². The summed E-state index contributed by atoms with van der Waals surface area (Å²) in [6, 6.07) is -0.770. The second kappa shape index (κ2) is 2.08. The molecule has 2 heterocycles. The van der Waals surface area contributed by atoms with Crippen molar-refractivity contribution in [3.8, 4) is 0 Å². The predicted octanol–water partition coefficient (Wildman–Crippen LogP) is 0.111. The lowest BCUT2D eigenvalue weighted by molar-refractivity contribution is 0.194. The molecule has 0 aromatic rings. The number of aliphatic imine (C=N–C) groups is 1. The molecule has 1 N–H and O–H groups in total. The normalized spacial score (nSPS) is 31.8. The molecular formula is C4H2N6O2. The van der Waals surface area contributed by atoms with E-state index in [1.54, 1.807) is 0 Å². The van der Waals surface area contributed by atoms with Gasteiger partial charge in [-0.1, -0.05) is 5.11 Å². The Morgan fingerprint density at radius 1 is 1.42 bits per heavy atom. The minimum Gasteiger partial charge on any atom is -0.357 e. The van der Waals surface area contributed by atoms with Crippen LogP contribution in [0.25, 0.3) is 0 Å². The van der Waals surface area contributed by atoms with E-state index < -0.39 is 11.8 Å². The Hall–Kier alpha value is -1.83. The quantitative estimate of drug-likeness (QED) is 0.595. The maximum Gasteiger partial charge on any atom is 0.387 e. The molecule has 0 fully saturated rings. The summed E-state index contributed by atoms with van der Waals surface area (Å²) < 4.78 is 0. The van der Waals surface area contributed by atoms with Gasteiger partial charge in [0, 0.05) is 0 Å². The van der Waals surface area contributed by atoms with Crippen molar-refractivity contribution in [2.24, 2.45) is 30.7 Å². The molecular weight excluding hydrogens is 164 g/mol. The highest BCUT2D eigenvalue weighted by Crippen LogP contribution is 2.17. The minimum absolute atomic E-state index is 0.211. The Morgan fingerprint density at radius 3 is 2.75 bits per heavy atom. The standard InChI is InChI=1S/C4H2N6O2/c11-3-6-2(7-8-3)4(12)1-5-10-9-4/h1,12H. The van der Waals surface area contributed by atoms with Gasteiger partial charge in [0.25, 0.3) is 5.72 Å². The van der Waals surface area contributed by atoms with Crippen LogP contribution in [0, 0.1) is 0 Å². The Labute approximate surface area is 65.4 Å². The maximum atomic E-state index is 10.5. The Balaban J connectivity index is 2.38. The lowest BCUT2D eigenvalue weighted by Crippen LogP contribution is -2.34. The van der Waals surface area contributed by atoms with Crippen molar-refractivity contribution in [2.75, 3.05) is 0 Å². The van der Waals surface area contributed by atoms with E-state index in [1.807, 2.05) is 0 Å². The molecule has 0 aromatic heterocycles. The van der Waals surface area contributed by atoms with Crippen LogP contribution in [-0.2, 0) is 0 Å². The van der Waals surface area contributed by atoms with Gasteiger partial charge in [0.2, 0.25) is 5.84 Å². The minimum atomic E-state index is -1.81. The molecule has 8 nitrogen and oxygen atoms in total. The van der Waals surface area contributed by atoms with Gasteiger partial charge in [-0.05, 0) is 5.22 Å². The summed E-state index contributed by atoms with van der Waals surface area (Å²) >= 11 is 0. The van der Waals surface area contributed by atoms with Crippen LogP contribution in [0.4, 0.5) is 4.79 Å². The molecule has 2 aliphatic rings. The van der Waals surface area contributed by atoms with Crippen molar-refractivity contribution < 1.29 is 9.90 Å². The SMILES string of the molecule is O=C1N=NC(C2(O)C=NN=N2)=N1. The number of carbonyl (C=O) groups excluding carboxylic acids is 1. The first-order chi connectivity index (χ1) is 5.71. The van der Waals surface area contributed by atoms with Crippen molar-refractivity contribution in [1.29, 1.82) is 0 Å². The van der Waals surface area contributed by atoms with E-state index in [-0.39, 0.29) is 5.84 Å². The number of rotatable bonds is 1. The highest BCUT2D eigenvalue weighted by atomic mass is 16.3. The molecule has 1 unspecified atom stereocenters. The zero-order valence-electron chi connectivity index (χ0n) is 5.62. The first kappa shape index (κ1) is 6.85. The average molecular weight is 166 g/mol. The molecule has 0 spiro atoms. The van der Waals surface area contributed by atoms with E-state index >= 15 is 0 Å².